The summed E-state index contributed by atoms with van der Waals surface area (Å²) in [4.78, 5) is 12.4. The maximum absolute atomic E-state index is 12.4. The molecule has 1 aromatic heterocycles. The number of halogens is 1. The molecular formula is C27H20BrN3O. The summed E-state index contributed by atoms with van der Waals surface area (Å²) < 4.78 is 2.80. The molecule has 0 saturated carbocycles. The van der Waals surface area contributed by atoms with Crippen LogP contribution in [-0.2, 0) is 5.54 Å². The van der Waals surface area contributed by atoms with Crippen molar-refractivity contribution in [3.05, 3.63) is 136 Å². The van der Waals surface area contributed by atoms with E-state index in [1.807, 2.05) is 77.5 Å². The van der Waals surface area contributed by atoms with Gasteiger partial charge in [0.2, 0.25) is 0 Å². The first-order chi connectivity index (χ1) is 15.6. The molecule has 0 saturated heterocycles. The third-order valence-corrected chi connectivity index (χ3v) is 6.26. The monoisotopic (exact) mass is 481 g/mol. The predicted molar refractivity (Wildman–Crippen MR) is 131 cm³/mol. The van der Waals surface area contributed by atoms with E-state index in [1.165, 1.54) is 0 Å². The number of benzene rings is 4. The van der Waals surface area contributed by atoms with Gasteiger partial charge in [0.1, 0.15) is 5.54 Å². The summed E-state index contributed by atoms with van der Waals surface area (Å²) in [5.74, 6) is -0.560. The van der Waals surface area contributed by atoms with Gasteiger partial charge in [0.15, 0.2) is 5.69 Å². The number of amides is 1. The van der Waals surface area contributed by atoms with E-state index in [0.29, 0.717) is 5.39 Å². The Morgan fingerprint density at radius 3 is 1.66 bits per heavy atom. The quantitative estimate of drug-likeness (QED) is 0.325. The Bertz CT molecular complexity index is 1300. The predicted octanol–water partition coefficient (Wildman–Crippen LogP) is 5.74. The molecule has 0 fully saturated rings. The molecule has 0 spiro atoms. The third kappa shape index (κ3) is 3.13. The van der Waals surface area contributed by atoms with E-state index >= 15 is 0 Å². The highest BCUT2D eigenvalue weighted by Gasteiger charge is 2.41. The van der Waals surface area contributed by atoms with E-state index in [4.69, 9.17) is 10.8 Å². The van der Waals surface area contributed by atoms with E-state index in [0.717, 1.165) is 26.7 Å². The van der Waals surface area contributed by atoms with E-state index in [1.54, 1.807) is 0 Å². The molecule has 5 aromatic rings. The van der Waals surface area contributed by atoms with Gasteiger partial charge in [0.05, 0.1) is 5.52 Å². The largest absolute Gasteiger partial charge is 0.364 e. The molecular weight excluding hydrogens is 462 g/mol. The Labute approximate surface area is 194 Å². The first-order valence-electron chi connectivity index (χ1n) is 10.3. The normalized spacial score (nSPS) is 11.5. The van der Waals surface area contributed by atoms with E-state index in [2.05, 4.69) is 52.3 Å². The number of aromatic nitrogens is 2. The highest BCUT2D eigenvalue weighted by molar-refractivity contribution is 9.10. The van der Waals surface area contributed by atoms with Crippen LogP contribution in [0.15, 0.2) is 114 Å². The zero-order valence-corrected chi connectivity index (χ0v) is 18.7. The molecule has 0 aliphatic heterocycles. The lowest BCUT2D eigenvalue weighted by molar-refractivity contribution is 0.0996. The fourth-order valence-electron chi connectivity index (χ4n) is 4.43. The number of hydrogen-bond donors (Lipinski definition) is 1. The summed E-state index contributed by atoms with van der Waals surface area (Å²) in [6.07, 6.45) is 0. The molecule has 5 heteroatoms. The van der Waals surface area contributed by atoms with Crippen LogP contribution in [0.4, 0.5) is 0 Å². The molecule has 1 amide bonds. The smallest absolute Gasteiger partial charge is 0.269 e. The summed E-state index contributed by atoms with van der Waals surface area (Å²) in [5.41, 5.74) is 9.10. The summed E-state index contributed by atoms with van der Waals surface area (Å²) in [5, 5.41) is 5.56. The van der Waals surface area contributed by atoms with Crippen molar-refractivity contribution in [2.24, 2.45) is 5.73 Å². The number of primary amides is 1. The molecule has 0 radical (unpaired) electrons. The zero-order valence-electron chi connectivity index (χ0n) is 17.2. The van der Waals surface area contributed by atoms with Crippen LogP contribution in [0.3, 0.4) is 0 Å². The first kappa shape index (κ1) is 20.2. The summed E-state index contributed by atoms with van der Waals surface area (Å²) in [7, 11) is 0. The van der Waals surface area contributed by atoms with Crippen molar-refractivity contribution >= 4 is 32.7 Å². The van der Waals surface area contributed by atoms with Crippen molar-refractivity contribution < 1.29 is 4.79 Å². The maximum atomic E-state index is 12.4. The average molecular weight is 482 g/mol. The Balaban J connectivity index is 2.00. The number of hydrogen-bond acceptors (Lipinski definition) is 2. The van der Waals surface area contributed by atoms with Crippen LogP contribution in [0, 0.1) is 0 Å². The minimum Gasteiger partial charge on any atom is -0.364 e. The van der Waals surface area contributed by atoms with Gasteiger partial charge < -0.3 is 5.73 Å². The van der Waals surface area contributed by atoms with Gasteiger partial charge in [-0.25, -0.2) is 4.68 Å². The molecule has 0 unspecified atom stereocenters. The molecule has 0 aliphatic rings. The second-order valence-corrected chi connectivity index (χ2v) is 8.51. The molecule has 0 atom stereocenters. The molecule has 4 aromatic carbocycles. The van der Waals surface area contributed by atoms with Gasteiger partial charge in [-0.05, 0) is 34.9 Å². The van der Waals surface area contributed by atoms with Gasteiger partial charge in [-0.3, -0.25) is 4.79 Å². The van der Waals surface area contributed by atoms with Crippen LogP contribution in [0.25, 0.3) is 10.9 Å². The minimum absolute atomic E-state index is 0.244. The van der Waals surface area contributed by atoms with Crippen LogP contribution in [0.5, 0.6) is 0 Å². The number of nitrogens with two attached hydrogens (primary N) is 1. The minimum atomic E-state index is -0.816. The van der Waals surface area contributed by atoms with E-state index < -0.39 is 11.4 Å². The van der Waals surface area contributed by atoms with Crippen LogP contribution in [0.1, 0.15) is 27.2 Å². The lowest BCUT2D eigenvalue weighted by Gasteiger charge is -2.37. The Hall–Kier alpha value is -3.70. The molecule has 0 bridgehead atoms. The van der Waals surface area contributed by atoms with Crippen molar-refractivity contribution in [1.82, 2.24) is 9.78 Å². The highest BCUT2D eigenvalue weighted by atomic mass is 79.9. The molecule has 4 nitrogen and oxygen atoms in total. The van der Waals surface area contributed by atoms with Gasteiger partial charge in [-0.1, -0.05) is 107 Å². The van der Waals surface area contributed by atoms with Gasteiger partial charge in [0, 0.05) is 9.86 Å². The van der Waals surface area contributed by atoms with Gasteiger partial charge in [-0.15, -0.1) is 0 Å². The van der Waals surface area contributed by atoms with Crippen molar-refractivity contribution in [2.75, 3.05) is 0 Å². The first-order valence-corrected chi connectivity index (χ1v) is 11.1. The summed E-state index contributed by atoms with van der Waals surface area (Å²) in [6.45, 7) is 0. The van der Waals surface area contributed by atoms with Gasteiger partial charge in [-0.2, -0.15) is 5.10 Å². The number of rotatable bonds is 5. The number of fused-ring (bicyclic) bond motifs is 1. The summed E-state index contributed by atoms with van der Waals surface area (Å²) in [6, 6.07) is 36.5. The second-order valence-electron chi connectivity index (χ2n) is 7.59. The van der Waals surface area contributed by atoms with E-state index in [-0.39, 0.29) is 5.69 Å². The van der Waals surface area contributed by atoms with Crippen LogP contribution >= 0.6 is 15.9 Å². The fraction of sp³-hybridized carbons (Fsp3) is 0.0370. The fourth-order valence-corrected chi connectivity index (χ4v) is 4.79. The molecule has 32 heavy (non-hydrogen) atoms. The Morgan fingerprint density at radius 2 is 1.22 bits per heavy atom. The topological polar surface area (TPSA) is 60.9 Å². The lowest BCUT2D eigenvalue weighted by atomic mass is 9.77. The SMILES string of the molecule is NC(=O)c1nn(C(c2ccccc2)(c2ccccc2)c2ccccc2)c2ccc(Br)cc12. The molecule has 2 N–H and O–H groups in total. The lowest BCUT2D eigenvalue weighted by Crippen LogP contribution is -2.38. The summed E-state index contributed by atoms with van der Waals surface area (Å²) >= 11 is 3.52. The third-order valence-electron chi connectivity index (χ3n) is 5.77. The Morgan fingerprint density at radius 1 is 0.750 bits per heavy atom. The Kier molecular flexibility index (Phi) is 5.11. The van der Waals surface area contributed by atoms with E-state index in [9.17, 15) is 4.79 Å². The van der Waals surface area contributed by atoms with Crippen molar-refractivity contribution in [3.8, 4) is 0 Å². The standard InChI is InChI=1S/C27H20BrN3O/c28-22-16-17-24-23(18-22)25(26(29)32)30-31(24)27(19-10-4-1-5-11-19,20-12-6-2-7-13-20)21-14-8-3-9-15-21/h1-18H,(H2,29,32). The highest BCUT2D eigenvalue weighted by Crippen LogP contribution is 2.42. The number of carbonyl (C=O) groups excluding carboxylic acids is 1. The molecule has 0 aliphatic carbocycles. The molecule has 5 rings (SSSR count). The van der Waals surface area contributed by atoms with Crippen LogP contribution in [0.2, 0.25) is 0 Å². The number of nitrogens with zero attached hydrogens (tertiary/aromatic N) is 2. The van der Waals surface area contributed by atoms with Crippen molar-refractivity contribution in [2.45, 2.75) is 5.54 Å². The average Bonchev–Trinajstić information content (AvgIpc) is 3.21. The van der Waals surface area contributed by atoms with Crippen molar-refractivity contribution in [1.29, 1.82) is 0 Å². The molecule has 1 heterocycles. The maximum Gasteiger partial charge on any atom is 0.269 e. The van der Waals surface area contributed by atoms with Crippen LogP contribution in [-0.4, -0.2) is 15.7 Å². The van der Waals surface area contributed by atoms with Crippen LogP contribution < -0.4 is 5.73 Å². The molecule has 156 valence electrons. The number of carbonyl (C=O) groups is 1. The zero-order chi connectivity index (χ0) is 22.1. The second kappa shape index (κ2) is 8.09. The van der Waals surface area contributed by atoms with Gasteiger partial charge in [0.25, 0.3) is 5.91 Å². The van der Waals surface area contributed by atoms with Crippen molar-refractivity contribution in [3.63, 3.8) is 0 Å². The van der Waals surface area contributed by atoms with Gasteiger partial charge >= 0.3 is 0 Å².